The highest BCUT2D eigenvalue weighted by Gasteiger charge is 2.23. The zero-order valence-electron chi connectivity index (χ0n) is 11.9. The van der Waals surface area contributed by atoms with Crippen LogP contribution in [0.5, 0.6) is 11.5 Å². The average Bonchev–Trinajstić information content (AvgIpc) is 2.25. The van der Waals surface area contributed by atoms with E-state index >= 15 is 0 Å². The third-order valence-corrected chi connectivity index (χ3v) is 2.27. The number of aromatic hydroxyl groups is 2. The topological polar surface area (TPSA) is 95.9 Å². The SMILES string of the molecule is C[C@H](NC(=O)c1cc(O)cc(O)c1)C(=O)OC(C)(C)C. The first-order valence-electron chi connectivity index (χ1n) is 6.15. The molecular formula is C14H19NO5. The van der Waals surface area contributed by atoms with E-state index in [0.717, 1.165) is 6.07 Å². The van der Waals surface area contributed by atoms with E-state index in [1.165, 1.54) is 19.1 Å². The fourth-order valence-electron chi connectivity index (χ4n) is 1.46. The van der Waals surface area contributed by atoms with E-state index < -0.39 is 23.5 Å². The van der Waals surface area contributed by atoms with Gasteiger partial charge in [-0.2, -0.15) is 0 Å². The van der Waals surface area contributed by atoms with Crippen molar-refractivity contribution in [1.29, 1.82) is 0 Å². The van der Waals surface area contributed by atoms with Crippen LogP contribution in [0.25, 0.3) is 0 Å². The monoisotopic (exact) mass is 281 g/mol. The Morgan fingerprint density at radius 1 is 1.15 bits per heavy atom. The van der Waals surface area contributed by atoms with Crippen molar-refractivity contribution in [3.63, 3.8) is 0 Å². The fourth-order valence-corrected chi connectivity index (χ4v) is 1.46. The Bertz CT molecular complexity index is 499. The van der Waals surface area contributed by atoms with Gasteiger partial charge >= 0.3 is 5.97 Å². The molecule has 6 nitrogen and oxygen atoms in total. The summed E-state index contributed by atoms with van der Waals surface area (Å²) in [6.07, 6.45) is 0. The second-order valence-electron chi connectivity index (χ2n) is 5.47. The molecule has 3 N–H and O–H groups in total. The second-order valence-corrected chi connectivity index (χ2v) is 5.47. The quantitative estimate of drug-likeness (QED) is 0.731. The number of benzene rings is 1. The first-order valence-corrected chi connectivity index (χ1v) is 6.15. The number of carbonyl (C=O) groups excluding carboxylic acids is 2. The molecule has 1 atom stereocenters. The van der Waals surface area contributed by atoms with E-state index in [-0.39, 0.29) is 17.1 Å². The Balaban J connectivity index is 2.72. The largest absolute Gasteiger partial charge is 0.508 e. The average molecular weight is 281 g/mol. The van der Waals surface area contributed by atoms with Crippen LogP contribution in [0.15, 0.2) is 18.2 Å². The zero-order chi connectivity index (χ0) is 15.5. The number of amides is 1. The number of ether oxygens (including phenoxy) is 1. The molecule has 110 valence electrons. The maximum absolute atomic E-state index is 11.9. The van der Waals surface area contributed by atoms with Crippen LogP contribution in [-0.2, 0) is 9.53 Å². The van der Waals surface area contributed by atoms with E-state index in [1.807, 2.05) is 0 Å². The van der Waals surface area contributed by atoms with E-state index in [0.29, 0.717) is 0 Å². The molecule has 0 aromatic heterocycles. The van der Waals surface area contributed by atoms with E-state index in [1.54, 1.807) is 20.8 Å². The van der Waals surface area contributed by atoms with Crippen molar-refractivity contribution in [1.82, 2.24) is 5.32 Å². The maximum Gasteiger partial charge on any atom is 0.328 e. The molecule has 1 aromatic rings. The van der Waals surface area contributed by atoms with Crippen molar-refractivity contribution in [2.75, 3.05) is 0 Å². The summed E-state index contributed by atoms with van der Waals surface area (Å²) in [6, 6.07) is 2.65. The highest BCUT2D eigenvalue weighted by molar-refractivity contribution is 5.97. The summed E-state index contributed by atoms with van der Waals surface area (Å²) in [5.41, 5.74) is -0.586. The number of phenolic OH excluding ortho intramolecular Hbond substituents is 2. The Morgan fingerprint density at radius 3 is 2.10 bits per heavy atom. The Kier molecular flexibility index (Phi) is 4.60. The highest BCUT2D eigenvalue weighted by Crippen LogP contribution is 2.20. The number of rotatable bonds is 3. The predicted octanol–water partition coefficient (Wildman–Crippen LogP) is 1.56. The lowest BCUT2D eigenvalue weighted by Gasteiger charge is -2.22. The normalized spacial score (nSPS) is 12.6. The summed E-state index contributed by atoms with van der Waals surface area (Å²) in [4.78, 5) is 23.6. The standard InChI is InChI=1S/C14H19NO5/c1-8(13(19)20-14(2,3)4)15-12(18)9-5-10(16)7-11(17)6-9/h5-8,16-17H,1-4H3,(H,15,18)/t8-/m0/s1. The van der Waals surface area contributed by atoms with Crippen molar-refractivity contribution >= 4 is 11.9 Å². The van der Waals surface area contributed by atoms with Crippen LogP contribution in [0.4, 0.5) is 0 Å². The van der Waals surface area contributed by atoms with Crippen molar-refractivity contribution < 1.29 is 24.5 Å². The molecule has 6 heteroatoms. The van der Waals surface area contributed by atoms with Crippen LogP contribution in [0.1, 0.15) is 38.1 Å². The van der Waals surface area contributed by atoms with Gasteiger partial charge in [-0.1, -0.05) is 0 Å². The second kappa shape index (κ2) is 5.81. The Morgan fingerprint density at radius 2 is 1.65 bits per heavy atom. The predicted molar refractivity (Wildman–Crippen MR) is 72.5 cm³/mol. The molecule has 0 unspecified atom stereocenters. The van der Waals surface area contributed by atoms with Crippen molar-refractivity contribution in [3.8, 4) is 11.5 Å². The van der Waals surface area contributed by atoms with Gasteiger partial charge in [0, 0.05) is 11.6 Å². The van der Waals surface area contributed by atoms with Crippen molar-refractivity contribution in [3.05, 3.63) is 23.8 Å². The molecule has 0 aliphatic carbocycles. The van der Waals surface area contributed by atoms with Crippen molar-refractivity contribution in [2.24, 2.45) is 0 Å². The summed E-state index contributed by atoms with van der Waals surface area (Å²) in [6.45, 7) is 6.68. The number of phenols is 2. The molecule has 0 aliphatic rings. The lowest BCUT2D eigenvalue weighted by Crippen LogP contribution is -2.42. The van der Waals surface area contributed by atoms with Gasteiger partial charge in [-0.25, -0.2) is 4.79 Å². The number of nitrogens with one attached hydrogen (secondary N) is 1. The van der Waals surface area contributed by atoms with Gasteiger partial charge in [-0.15, -0.1) is 0 Å². The van der Waals surface area contributed by atoms with Crippen molar-refractivity contribution in [2.45, 2.75) is 39.3 Å². The Labute approximate surface area is 117 Å². The number of carbonyl (C=O) groups is 2. The molecule has 0 heterocycles. The minimum absolute atomic E-state index is 0.0536. The molecule has 0 radical (unpaired) electrons. The summed E-state index contributed by atoms with van der Waals surface area (Å²) in [5.74, 6) is -1.62. The van der Waals surface area contributed by atoms with Crippen LogP contribution >= 0.6 is 0 Å². The molecule has 0 spiro atoms. The van der Waals surface area contributed by atoms with Gasteiger partial charge in [0.25, 0.3) is 5.91 Å². The fraction of sp³-hybridized carbons (Fsp3) is 0.429. The molecule has 1 amide bonds. The molecule has 0 bridgehead atoms. The van der Waals surface area contributed by atoms with Gasteiger partial charge in [-0.05, 0) is 39.8 Å². The summed E-state index contributed by atoms with van der Waals surface area (Å²) in [7, 11) is 0. The van der Waals surface area contributed by atoms with Crippen LogP contribution in [-0.4, -0.2) is 33.7 Å². The summed E-state index contributed by atoms with van der Waals surface area (Å²) in [5, 5.41) is 21.1. The number of hydrogen-bond donors (Lipinski definition) is 3. The van der Waals surface area contributed by atoms with E-state index in [4.69, 9.17) is 4.74 Å². The summed E-state index contributed by atoms with van der Waals surface area (Å²) >= 11 is 0. The van der Waals surface area contributed by atoms with Crippen LogP contribution in [0.3, 0.4) is 0 Å². The van der Waals surface area contributed by atoms with Gasteiger partial charge in [0.2, 0.25) is 0 Å². The molecule has 20 heavy (non-hydrogen) atoms. The molecule has 1 aromatic carbocycles. The van der Waals surface area contributed by atoms with Crippen LogP contribution < -0.4 is 5.32 Å². The van der Waals surface area contributed by atoms with Gasteiger partial charge in [0.15, 0.2) is 0 Å². The summed E-state index contributed by atoms with van der Waals surface area (Å²) < 4.78 is 5.13. The van der Waals surface area contributed by atoms with Gasteiger partial charge in [-0.3, -0.25) is 4.79 Å². The molecule has 0 aliphatic heterocycles. The van der Waals surface area contributed by atoms with E-state index in [2.05, 4.69) is 5.32 Å². The van der Waals surface area contributed by atoms with Crippen LogP contribution in [0, 0.1) is 0 Å². The molecule has 0 fully saturated rings. The smallest absolute Gasteiger partial charge is 0.328 e. The Hall–Kier alpha value is -2.24. The first kappa shape index (κ1) is 15.8. The highest BCUT2D eigenvalue weighted by atomic mass is 16.6. The van der Waals surface area contributed by atoms with Crippen LogP contribution in [0.2, 0.25) is 0 Å². The zero-order valence-corrected chi connectivity index (χ0v) is 11.9. The molecular weight excluding hydrogens is 262 g/mol. The number of hydrogen-bond acceptors (Lipinski definition) is 5. The molecule has 0 saturated heterocycles. The first-order chi connectivity index (χ1) is 9.08. The number of esters is 1. The minimum Gasteiger partial charge on any atom is -0.508 e. The van der Waals surface area contributed by atoms with Gasteiger partial charge in [0.05, 0.1) is 0 Å². The lowest BCUT2D eigenvalue weighted by molar-refractivity contribution is -0.156. The maximum atomic E-state index is 11.9. The van der Waals surface area contributed by atoms with Gasteiger partial charge < -0.3 is 20.3 Å². The van der Waals surface area contributed by atoms with Gasteiger partial charge in [0.1, 0.15) is 23.1 Å². The minimum atomic E-state index is -0.841. The molecule has 1 rings (SSSR count). The molecule has 0 saturated carbocycles. The lowest BCUT2D eigenvalue weighted by atomic mass is 10.1. The van der Waals surface area contributed by atoms with E-state index in [9.17, 15) is 19.8 Å². The third kappa shape index (κ3) is 4.79. The third-order valence-electron chi connectivity index (χ3n) is 2.27.